The zero-order chi connectivity index (χ0) is 20.8. The minimum atomic E-state index is -0.322. The van der Waals surface area contributed by atoms with Gasteiger partial charge in [0.25, 0.3) is 5.91 Å². The second-order valence-electron chi connectivity index (χ2n) is 6.40. The SMILES string of the molecule is COc1cccc(NC(=NCc2ccncc2)NC(=O)c2ccc3c(c2)OCO3)c1. The fourth-order valence-corrected chi connectivity index (χ4v) is 2.82. The molecule has 2 N–H and O–H groups in total. The fourth-order valence-electron chi connectivity index (χ4n) is 2.82. The number of benzene rings is 2. The predicted octanol–water partition coefficient (Wildman–Crippen LogP) is 3.22. The molecule has 0 saturated carbocycles. The van der Waals surface area contributed by atoms with Crippen LogP contribution in [-0.4, -0.2) is 30.8 Å². The Labute approximate surface area is 173 Å². The van der Waals surface area contributed by atoms with Gasteiger partial charge in [0.15, 0.2) is 11.5 Å². The van der Waals surface area contributed by atoms with Crippen LogP contribution >= 0.6 is 0 Å². The number of rotatable bonds is 5. The van der Waals surface area contributed by atoms with Gasteiger partial charge in [-0.25, -0.2) is 4.99 Å². The van der Waals surface area contributed by atoms with Crippen LogP contribution < -0.4 is 24.8 Å². The average molecular weight is 404 g/mol. The Hall–Kier alpha value is -4.07. The van der Waals surface area contributed by atoms with Crippen molar-refractivity contribution in [2.75, 3.05) is 19.2 Å². The number of pyridine rings is 1. The summed E-state index contributed by atoms with van der Waals surface area (Å²) in [6.45, 7) is 0.521. The van der Waals surface area contributed by atoms with Gasteiger partial charge >= 0.3 is 0 Å². The van der Waals surface area contributed by atoms with E-state index in [0.717, 1.165) is 11.3 Å². The van der Waals surface area contributed by atoms with Crippen molar-refractivity contribution in [1.29, 1.82) is 0 Å². The van der Waals surface area contributed by atoms with E-state index in [1.165, 1.54) is 0 Å². The molecule has 0 saturated heterocycles. The number of aliphatic imine (C=N–C) groups is 1. The normalized spacial score (nSPS) is 12.4. The first-order valence-corrected chi connectivity index (χ1v) is 9.27. The summed E-state index contributed by atoms with van der Waals surface area (Å²) in [5.41, 5.74) is 2.13. The van der Waals surface area contributed by atoms with E-state index in [1.807, 2.05) is 36.4 Å². The number of amides is 1. The number of carbonyl (C=O) groups excluding carboxylic acids is 1. The topological polar surface area (TPSA) is 94.1 Å². The van der Waals surface area contributed by atoms with Crippen LogP contribution in [0.1, 0.15) is 15.9 Å². The van der Waals surface area contributed by atoms with Gasteiger partial charge in [-0.3, -0.25) is 15.1 Å². The lowest BCUT2D eigenvalue weighted by Crippen LogP contribution is -2.36. The first-order valence-electron chi connectivity index (χ1n) is 9.27. The molecular weight excluding hydrogens is 384 g/mol. The van der Waals surface area contributed by atoms with Crippen molar-refractivity contribution in [3.63, 3.8) is 0 Å². The summed E-state index contributed by atoms with van der Waals surface area (Å²) in [6, 6.07) is 16.1. The van der Waals surface area contributed by atoms with Crippen LogP contribution in [-0.2, 0) is 6.54 Å². The Bertz CT molecular complexity index is 1070. The second-order valence-corrected chi connectivity index (χ2v) is 6.40. The summed E-state index contributed by atoms with van der Waals surface area (Å²) in [5.74, 6) is 1.84. The molecule has 2 aromatic carbocycles. The highest BCUT2D eigenvalue weighted by Crippen LogP contribution is 2.32. The van der Waals surface area contributed by atoms with Gasteiger partial charge in [-0.15, -0.1) is 0 Å². The predicted molar refractivity (Wildman–Crippen MR) is 112 cm³/mol. The van der Waals surface area contributed by atoms with E-state index < -0.39 is 0 Å². The Morgan fingerprint density at radius 2 is 1.93 bits per heavy atom. The van der Waals surface area contributed by atoms with Crippen LogP contribution in [0.5, 0.6) is 17.2 Å². The monoisotopic (exact) mass is 404 g/mol. The quantitative estimate of drug-likeness (QED) is 0.501. The Balaban J connectivity index is 1.55. The number of aromatic nitrogens is 1. The summed E-state index contributed by atoms with van der Waals surface area (Å²) in [7, 11) is 1.60. The molecule has 30 heavy (non-hydrogen) atoms. The molecule has 4 rings (SSSR count). The van der Waals surface area contributed by atoms with Gasteiger partial charge in [-0.1, -0.05) is 6.07 Å². The minimum absolute atomic E-state index is 0.149. The smallest absolute Gasteiger partial charge is 0.258 e. The molecule has 1 aliphatic rings. The Morgan fingerprint density at radius 3 is 2.77 bits per heavy atom. The van der Waals surface area contributed by atoms with Gasteiger partial charge in [0, 0.05) is 29.7 Å². The maximum absolute atomic E-state index is 12.8. The van der Waals surface area contributed by atoms with Crippen molar-refractivity contribution in [2.24, 2.45) is 4.99 Å². The number of nitrogens with zero attached hydrogens (tertiary/aromatic N) is 2. The van der Waals surface area contributed by atoms with Gasteiger partial charge in [-0.2, -0.15) is 0 Å². The molecule has 0 bridgehead atoms. The number of carbonyl (C=O) groups is 1. The summed E-state index contributed by atoms with van der Waals surface area (Å²) in [6.07, 6.45) is 3.40. The Morgan fingerprint density at radius 1 is 1.10 bits per heavy atom. The van der Waals surface area contributed by atoms with Crippen LogP contribution in [0, 0.1) is 0 Å². The van der Waals surface area contributed by atoms with Gasteiger partial charge in [-0.05, 0) is 48.0 Å². The van der Waals surface area contributed by atoms with Crippen LogP contribution in [0.3, 0.4) is 0 Å². The molecule has 2 heterocycles. The number of anilines is 1. The maximum atomic E-state index is 12.8. The number of ether oxygens (including phenoxy) is 3. The van der Waals surface area contributed by atoms with Crippen LogP contribution in [0.4, 0.5) is 5.69 Å². The summed E-state index contributed by atoms with van der Waals surface area (Å²) >= 11 is 0. The first kappa shape index (κ1) is 19.3. The van der Waals surface area contributed by atoms with Crippen molar-refractivity contribution in [3.8, 4) is 17.2 Å². The second kappa shape index (κ2) is 8.95. The van der Waals surface area contributed by atoms with Crippen LogP contribution in [0.25, 0.3) is 0 Å². The summed E-state index contributed by atoms with van der Waals surface area (Å²) in [5, 5.41) is 5.97. The van der Waals surface area contributed by atoms with Gasteiger partial charge in [0.1, 0.15) is 5.75 Å². The molecule has 8 nitrogen and oxygen atoms in total. The zero-order valence-corrected chi connectivity index (χ0v) is 16.3. The number of nitrogens with one attached hydrogen (secondary N) is 2. The average Bonchev–Trinajstić information content (AvgIpc) is 3.26. The van der Waals surface area contributed by atoms with Crippen LogP contribution in [0.15, 0.2) is 72.0 Å². The van der Waals surface area contributed by atoms with E-state index in [0.29, 0.717) is 35.3 Å². The number of hydrogen-bond donors (Lipinski definition) is 2. The number of methoxy groups -OCH3 is 1. The molecule has 0 fully saturated rings. The van der Waals surface area contributed by atoms with E-state index in [1.54, 1.807) is 37.7 Å². The number of guanidine groups is 1. The van der Waals surface area contributed by atoms with Crippen molar-refractivity contribution < 1.29 is 19.0 Å². The molecule has 0 spiro atoms. The van der Waals surface area contributed by atoms with Crippen molar-refractivity contribution in [2.45, 2.75) is 6.54 Å². The van der Waals surface area contributed by atoms with E-state index >= 15 is 0 Å². The first-order chi connectivity index (χ1) is 14.7. The third-order valence-electron chi connectivity index (χ3n) is 4.37. The maximum Gasteiger partial charge on any atom is 0.258 e. The van der Waals surface area contributed by atoms with Gasteiger partial charge < -0.3 is 19.5 Å². The van der Waals surface area contributed by atoms with Gasteiger partial charge in [0.05, 0.1) is 13.7 Å². The van der Waals surface area contributed by atoms with Crippen molar-refractivity contribution in [1.82, 2.24) is 10.3 Å². The van der Waals surface area contributed by atoms with Gasteiger partial charge in [0.2, 0.25) is 12.8 Å². The number of hydrogen-bond acceptors (Lipinski definition) is 6. The highest BCUT2D eigenvalue weighted by Gasteiger charge is 2.17. The van der Waals surface area contributed by atoms with E-state index in [-0.39, 0.29) is 12.7 Å². The lowest BCUT2D eigenvalue weighted by molar-refractivity contribution is 0.0976. The van der Waals surface area contributed by atoms with E-state index in [4.69, 9.17) is 14.2 Å². The molecule has 1 aromatic heterocycles. The lowest BCUT2D eigenvalue weighted by Gasteiger charge is -2.13. The van der Waals surface area contributed by atoms with Crippen molar-refractivity contribution >= 4 is 17.6 Å². The summed E-state index contributed by atoms with van der Waals surface area (Å²) < 4.78 is 15.9. The molecular formula is C22H20N4O4. The highest BCUT2D eigenvalue weighted by atomic mass is 16.7. The molecule has 1 aliphatic heterocycles. The minimum Gasteiger partial charge on any atom is -0.497 e. The summed E-state index contributed by atoms with van der Waals surface area (Å²) in [4.78, 5) is 21.4. The number of fused-ring (bicyclic) bond motifs is 1. The van der Waals surface area contributed by atoms with Crippen molar-refractivity contribution in [3.05, 3.63) is 78.1 Å². The molecule has 3 aromatic rings. The van der Waals surface area contributed by atoms with E-state index in [2.05, 4.69) is 20.6 Å². The largest absolute Gasteiger partial charge is 0.497 e. The molecule has 0 radical (unpaired) electrons. The molecule has 0 unspecified atom stereocenters. The molecule has 0 aliphatic carbocycles. The standard InChI is InChI=1S/C22H20N4O4/c1-28-18-4-2-3-17(12-18)25-22(24-13-15-7-9-23-10-8-15)26-21(27)16-5-6-19-20(11-16)30-14-29-19/h2-12H,13-14H2,1H3,(H2,24,25,26,27). The fraction of sp³-hybridized carbons (Fsp3) is 0.136. The molecule has 8 heteroatoms. The molecule has 1 amide bonds. The third-order valence-corrected chi connectivity index (χ3v) is 4.37. The Kier molecular flexibility index (Phi) is 5.75. The molecule has 152 valence electrons. The highest BCUT2D eigenvalue weighted by molar-refractivity contribution is 6.10. The lowest BCUT2D eigenvalue weighted by atomic mass is 10.2. The third kappa shape index (κ3) is 4.67. The zero-order valence-electron chi connectivity index (χ0n) is 16.3. The van der Waals surface area contributed by atoms with Crippen LogP contribution in [0.2, 0.25) is 0 Å². The van der Waals surface area contributed by atoms with E-state index in [9.17, 15) is 4.79 Å². The molecule has 0 atom stereocenters.